The third-order valence-electron chi connectivity index (χ3n) is 3.09. The first-order valence-corrected chi connectivity index (χ1v) is 6.86. The molecule has 0 bridgehead atoms. The van der Waals surface area contributed by atoms with Gasteiger partial charge in [-0.15, -0.1) is 0 Å². The zero-order valence-electron chi connectivity index (χ0n) is 11.9. The SMILES string of the molecule is CCNCc1cc(C)ccc1OCc1ccc(F)cc1. The van der Waals surface area contributed by atoms with Gasteiger partial charge in [-0.1, -0.05) is 36.8 Å². The van der Waals surface area contributed by atoms with Gasteiger partial charge in [0.15, 0.2) is 0 Å². The van der Waals surface area contributed by atoms with Crippen LogP contribution >= 0.6 is 0 Å². The summed E-state index contributed by atoms with van der Waals surface area (Å²) in [6.45, 7) is 6.30. The highest BCUT2D eigenvalue weighted by Crippen LogP contribution is 2.21. The molecule has 0 amide bonds. The van der Waals surface area contributed by atoms with E-state index in [1.807, 2.05) is 12.1 Å². The fourth-order valence-electron chi connectivity index (χ4n) is 1.99. The number of rotatable bonds is 6. The molecule has 2 rings (SSSR count). The second-order valence-electron chi connectivity index (χ2n) is 4.81. The first kappa shape index (κ1) is 14.5. The van der Waals surface area contributed by atoms with Crippen molar-refractivity contribution in [3.63, 3.8) is 0 Å². The summed E-state index contributed by atoms with van der Waals surface area (Å²) in [5, 5.41) is 3.31. The average Bonchev–Trinajstić information content (AvgIpc) is 2.46. The van der Waals surface area contributed by atoms with E-state index in [4.69, 9.17) is 4.74 Å². The zero-order valence-corrected chi connectivity index (χ0v) is 11.9. The molecule has 0 heterocycles. The standard InChI is InChI=1S/C17H20FNO/c1-3-19-11-15-10-13(2)4-9-17(15)20-12-14-5-7-16(18)8-6-14/h4-10,19H,3,11-12H2,1-2H3. The Morgan fingerprint density at radius 3 is 2.55 bits per heavy atom. The molecule has 2 aromatic carbocycles. The smallest absolute Gasteiger partial charge is 0.124 e. The van der Waals surface area contributed by atoms with Gasteiger partial charge in [-0.2, -0.15) is 0 Å². The third-order valence-corrected chi connectivity index (χ3v) is 3.09. The highest BCUT2D eigenvalue weighted by atomic mass is 19.1. The molecule has 106 valence electrons. The van der Waals surface area contributed by atoms with Crippen LogP contribution in [0.2, 0.25) is 0 Å². The van der Waals surface area contributed by atoms with Crippen LogP contribution in [-0.2, 0) is 13.2 Å². The quantitative estimate of drug-likeness (QED) is 0.864. The van der Waals surface area contributed by atoms with Crippen LogP contribution in [0, 0.1) is 12.7 Å². The van der Waals surface area contributed by atoms with Gasteiger partial charge in [0.1, 0.15) is 18.2 Å². The lowest BCUT2D eigenvalue weighted by atomic mass is 10.1. The molecule has 0 saturated carbocycles. The maximum atomic E-state index is 12.8. The van der Waals surface area contributed by atoms with Gasteiger partial charge in [0.05, 0.1) is 0 Å². The molecule has 2 nitrogen and oxygen atoms in total. The molecule has 0 aliphatic heterocycles. The van der Waals surface area contributed by atoms with E-state index >= 15 is 0 Å². The van der Waals surface area contributed by atoms with Crippen LogP contribution in [-0.4, -0.2) is 6.54 Å². The van der Waals surface area contributed by atoms with Crippen LogP contribution in [0.25, 0.3) is 0 Å². The Hall–Kier alpha value is -1.87. The average molecular weight is 273 g/mol. The van der Waals surface area contributed by atoms with Crippen molar-refractivity contribution in [1.29, 1.82) is 0 Å². The molecule has 0 unspecified atom stereocenters. The van der Waals surface area contributed by atoms with Crippen molar-refractivity contribution < 1.29 is 9.13 Å². The van der Waals surface area contributed by atoms with Gasteiger partial charge in [0, 0.05) is 12.1 Å². The number of hydrogen-bond donors (Lipinski definition) is 1. The van der Waals surface area contributed by atoms with Crippen molar-refractivity contribution in [3.05, 3.63) is 65.0 Å². The Balaban J connectivity index is 2.06. The van der Waals surface area contributed by atoms with Crippen molar-refractivity contribution in [3.8, 4) is 5.75 Å². The van der Waals surface area contributed by atoms with Crippen LogP contribution in [0.4, 0.5) is 4.39 Å². The molecule has 0 saturated heterocycles. The first-order valence-electron chi connectivity index (χ1n) is 6.86. The van der Waals surface area contributed by atoms with Gasteiger partial charge < -0.3 is 10.1 Å². The molecule has 0 radical (unpaired) electrons. The van der Waals surface area contributed by atoms with Gasteiger partial charge in [0.2, 0.25) is 0 Å². The molecule has 0 aliphatic carbocycles. The number of benzene rings is 2. The van der Waals surface area contributed by atoms with E-state index in [1.54, 1.807) is 12.1 Å². The Kier molecular flexibility index (Phi) is 5.13. The van der Waals surface area contributed by atoms with E-state index in [-0.39, 0.29) is 5.82 Å². The minimum Gasteiger partial charge on any atom is -0.489 e. The normalized spacial score (nSPS) is 10.6. The first-order chi connectivity index (χ1) is 9.69. The fourth-order valence-corrected chi connectivity index (χ4v) is 1.99. The summed E-state index contributed by atoms with van der Waals surface area (Å²) in [6, 6.07) is 12.5. The molecule has 0 aromatic heterocycles. The second-order valence-corrected chi connectivity index (χ2v) is 4.81. The summed E-state index contributed by atoms with van der Waals surface area (Å²) >= 11 is 0. The van der Waals surface area contributed by atoms with Crippen molar-refractivity contribution in [2.75, 3.05) is 6.54 Å². The third kappa shape index (κ3) is 4.07. The monoisotopic (exact) mass is 273 g/mol. The van der Waals surface area contributed by atoms with E-state index in [1.165, 1.54) is 17.7 Å². The lowest BCUT2D eigenvalue weighted by Crippen LogP contribution is -2.13. The largest absolute Gasteiger partial charge is 0.489 e. The summed E-state index contributed by atoms with van der Waals surface area (Å²) in [4.78, 5) is 0. The van der Waals surface area contributed by atoms with E-state index in [0.29, 0.717) is 6.61 Å². The number of halogens is 1. The van der Waals surface area contributed by atoms with Crippen LogP contribution in [0.5, 0.6) is 5.75 Å². The number of nitrogens with one attached hydrogen (secondary N) is 1. The summed E-state index contributed by atoms with van der Waals surface area (Å²) in [7, 11) is 0. The highest BCUT2D eigenvalue weighted by molar-refractivity contribution is 5.37. The maximum Gasteiger partial charge on any atom is 0.124 e. The van der Waals surface area contributed by atoms with Gasteiger partial charge >= 0.3 is 0 Å². The minimum atomic E-state index is -0.225. The predicted molar refractivity (Wildman–Crippen MR) is 79.3 cm³/mol. The minimum absolute atomic E-state index is 0.225. The summed E-state index contributed by atoms with van der Waals surface area (Å²) < 4.78 is 18.7. The van der Waals surface area contributed by atoms with Crippen molar-refractivity contribution in [2.24, 2.45) is 0 Å². The summed E-state index contributed by atoms with van der Waals surface area (Å²) in [5.41, 5.74) is 3.32. The van der Waals surface area contributed by atoms with Gasteiger partial charge in [0.25, 0.3) is 0 Å². The molecule has 0 fully saturated rings. The van der Waals surface area contributed by atoms with Crippen molar-refractivity contribution in [2.45, 2.75) is 27.0 Å². The maximum absolute atomic E-state index is 12.8. The van der Waals surface area contributed by atoms with Gasteiger partial charge in [-0.3, -0.25) is 0 Å². The number of ether oxygens (including phenoxy) is 1. The Labute approximate surface area is 119 Å². The second kappa shape index (κ2) is 7.06. The number of aryl methyl sites for hydroxylation is 1. The van der Waals surface area contributed by atoms with Gasteiger partial charge in [-0.05, 0) is 37.2 Å². The molecular weight excluding hydrogens is 253 g/mol. The number of hydrogen-bond acceptors (Lipinski definition) is 2. The molecule has 0 spiro atoms. The summed E-state index contributed by atoms with van der Waals surface area (Å²) in [5.74, 6) is 0.651. The van der Waals surface area contributed by atoms with Crippen LogP contribution in [0.1, 0.15) is 23.6 Å². The van der Waals surface area contributed by atoms with Crippen LogP contribution in [0.15, 0.2) is 42.5 Å². The van der Waals surface area contributed by atoms with Crippen molar-refractivity contribution >= 4 is 0 Å². The molecular formula is C17H20FNO. The van der Waals surface area contributed by atoms with Crippen LogP contribution < -0.4 is 10.1 Å². The molecule has 0 aliphatic rings. The Bertz CT molecular complexity index is 551. The van der Waals surface area contributed by atoms with Gasteiger partial charge in [-0.25, -0.2) is 4.39 Å². The topological polar surface area (TPSA) is 21.3 Å². The van der Waals surface area contributed by atoms with Crippen LogP contribution in [0.3, 0.4) is 0 Å². The molecule has 1 N–H and O–H groups in total. The molecule has 0 atom stereocenters. The van der Waals surface area contributed by atoms with E-state index in [2.05, 4.69) is 25.2 Å². The predicted octanol–water partition coefficient (Wildman–Crippen LogP) is 3.82. The fraction of sp³-hybridized carbons (Fsp3) is 0.294. The lowest BCUT2D eigenvalue weighted by molar-refractivity contribution is 0.302. The zero-order chi connectivity index (χ0) is 14.4. The summed E-state index contributed by atoms with van der Waals surface area (Å²) in [6.07, 6.45) is 0. The molecule has 2 aromatic rings. The highest BCUT2D eigenvalue weighted by Gasteiger charge is 2.04. The Morgan fingerprint density at radius 2 is 1.85 bits per heavy atom. The molecule has 3 heteroatoms. The molecule has 20 heavy (non-hydrogen) atoms. The van der Waals surface area contributed by atoms with E-state index in [0.717, 1.165) is 30.0 Å². The lowest BCUT2D eigenvalue weighted by Gasteiger charge is -2.13. The van der Waals surface area contributed by atoms with E-state index in [9.17, 15) is 4.39 Å². The van der Waals surface area contributed by atoms with Crippen molar-refractivity contribution in [1.82, 2.24) is 5.32 Å². The Morgan fingerprint density at radius 1 is 1.10 bits per heavy atom. The van der Waals surface area contributed by atoms with E-state index < -0.39 is 0 Å².